The minimum atomic E-state index is -3.26. The van der Waals surface area contributed by atoms with Crippen LogP contribution in [0.4, 0.5) is 0 Å². The maximum Gasteiger partial charge on any atom is 0.337 e. The second kappa shape index (κ2) is 12.2. The number of benzene rings is 2. The molecule has 0 bridgehead atoms. The highest BCUT2D eigenvalue weighted by Crippen LogP contribution is 2.45. The number of hydrogen-bond donors (Lipinski definition) is 2. The fraction of sp³-hybridized carbons (Fsp3) is 0.485. The van der Waals surface area contributed by atoms with Gasteiger partial charge in [0.1, 0.15) is 15.6 Å². The van der Waals surface area contributed by atoms with Crippen molar-refractivity contribution in [2.45, 2.75) is 79.4 Å². The smallest absolute Gasteiger partial charge is 0.337 e. The lowest BCUT2D eigenvalue weighted by Crippen LogP contribution is -2.29. The highest BCUT2D eigenvalue weighted by atomic mass is 32.2. The van der Waals surface area contributed by atoms with Gasteiger partial charge in [-0.2, -0.15) is 0 Å². The standard InChI is InChI=1S/C33H42N2O7S/c1-9-21-16-26-25(17-24(21)31(36)34-12-14-43(8,39)40)28(23-15-18(2)29-22(19(23)3)11-10-13-41-29)27(20(4)35-26)30(32(37)38)42-33(5,6)7/h15-17,30H,9-14H2,1-8H3,(H,34,36)(H,37,38). The quantitative estimate of drug-likeness (QED) is 0.328. The molecule has 0 saturated carbocycles. The number of hydrogen-bond acceptors (Lipinski definition) is 7. The Balaban J connectivity index is 2.08. The second-order valence-electron chi connectivity index (χ2n) is 12.3. The van der Waals surface area contributed by atoms with Crippen LogP contribution in [0.25, 0.3) is 22.0 Å². The van der Waals surface area contributed by atoms with Gasteiger partial charge in [0.05, 0.1) is 23.5 Å². The third kappa shape index (κ3) is 7.02. The van der Waals surface area contributed by atoms with Crippen molar-refractivity contribution in [1.29, 1.82) is 0 Å². The first-order valence-electron chi connectivity index (χ1n) is 14.6. The maximum absolute atomic E-state index is 13.4. The van der Waals surface area contributed by atoms with Crippen molar-refractivity contribution in [3.05, 3.63) is 57.3 Å². The number of sulfone groups is 1. The Kier molecular flexibility index (Phi) is 9.23. The van der Waals surface area contributed by atoms with Gasteiger partial charge in [-0.05, 0) is 112 Å². The molecule has 0 aliphatic carbocycles. The summed E-state index contributed by atoms with van der Waals surface area (Å²) >= 11 is 0. The first-order chi connectivity index (χ1) is 20.0. The molecule has 3 aromatic rings. The molecule has 1 aliphatic rings. The summed E-state index contributed by atoms with van der Waals surface area (Å²) in [4.78, 5) is 31.1. The van der Waals surface area contributed by atoms with Crippen LogP contribution in [-0.4, -0.2) is 61.1 Å². The summed E-state index contributed by atoms with van der Waals surface area (Å²) in [6, 6.07) is 5.65. The molecule has 1 atom stereocenters. The zero-order chi connectivity index (χ0) is 31.9. The van der Waals surface area contributed by atoms with Crippen molar-refractivity contribution in [2.24, 2.45) is 0 Å². The van der Waals surface area contributed by atoms with Crippen LogP contribution in [0, 0.1) is 20.8 Å². The summed E-state index contributed by atoms with van der Waals surface area (Å²) in [6.07, 6.45) is 2.06. The van der Waals surface area contributed by atoms with Crippen LogP contribution in [-0.2, 0) is 32.2 Å². The first kappa shape index (κ1) is 32.4. The van der Waals surface area contributed by atoms with E-state index >= 15 is 0 Å². The lowest BCUT2D eigenvalue weighted by molar-refractivity contribution is -0.160. The summed E-state index contributed by atoms with van der Waals surface area (Å²) in [5.41, 5.74) is 6.46. The number of aromatic nitrogens is 1. The highest BCUT2D eigenvalue weighted by molar-refractivity contribution is 7.90. The Hall–Kier alpha value is -3.50. The van der Waals surface area contributed by atoms with Gasteiger partial charge in [0.2, 0.25) is 0 Å². The van der Waals surface area contributed by atoms with Crippen LogP contribution >= 0.6 is 0 Å². The molecule has 9 nitrogen and oxygen atoms in total. The van der Waals surface area contributed by atoms with Crippen molar-refractivity contribution in [1.82, 2.24) is 10.3 Å². The van der Waals surface area contributed by atoms with Crippen LogP contribution in [0.2, 0.25) is 0 Å². The number of pyridine rings is 1. The monoisotopic (exact) mass is 610 g/mol. The summed E-state index contributed by atoms with van der Waals surface area (Å²) < 4.78 is 35.5. The number of rotatable bonds is 9. The third-order valence-electron chi connectivity index (χ3n) is 7.72. The van der Waals surface area contributed by atoms with E-state index in [9.17, 15) is 23.1 Å². The summed E-state index contributed by atoms with van der Waals surface area (Å²) in [5, 5.41) is 13.8. The molecule has 0 fully saturated rings. The molecule has 10 heteroatoms. The van der Waals surface area contributed by atoms with Crippen LogP contribution < -0.4 is 10.1 Å². The number of carbonyl (C=O) groups is 2. The van der Waals surface area contributed by atoms with E-state index in [0.29, 0.717) is 46.3 Å². The molecule has 0 spiro atoms. The molecule has 1 aliphatic heterocycles. The molecule has 0 saturated heterocycles. The largest absolute Gasteiger partial charge is 0.493 e. The average molecular weight is 611 g/mol. The van der Waals surface area contributed by atoms with Gasteiger partial charge in [-0.15, -0.1) is 0 Å². The van der Waals surface area contributed by atoms with E-state index in [2.05, 4.69) is 5.32 Å². The molecule has 2 N–H and O–H groups in total. The number of carbonyl (C=O) groups excluding carboxylic acids is 1. The number of carboxylic acid groups (broad SMARTS) is 1. The number of aryl methyl sites for hydroxylation is 3. The van der Waals surface area contributed by atoms with Gasteiger partial charge in [-0.25, -0.2) is 13.2 Å². The predicted molar refractivity (Wildman–Crippen MR) is 168 cm³/mol. The molecule has 1 aromatic heterocycles. The Morgan fingerprint density at radius 1 is 1.16 bits per heavy atom. The van der Waals surface area contributed by atoms with E-state index in [1.54, 1.807) is 13.0 Å². The fourth-order valence-corrected chi connectivity index (χ4v) is 6.26. The van der Waals surface area contributed by atoms with Crippen molar-refractivity contribution < 1.29 is 32.6 Å². The molecule has 2 aromatic carbocycles. The van der Waals surface area contributed by atoms with Crippen LogP contribution in [0.15, 0.2) is 18.2 Å². The third-order valence-corrected chi connectivity index (χ3v) is 8.66. The Morgan fingerprint density at radius 2 is 1.86 bits per heavy atom. The highest BCUT2D eigenvalue weighted by Gasteiger charge is 2.34. The zero-order valence-corrected chi connectivity index (χ0v) is 27.1. The van der Waals surface area contributed by atoms with Crippen LogP contribution in [0.3, 0.4) is 0 Å². The van der Waals surface area contributed by atoms with Crippen molar-refractivity contribution >= 4 is 32.6 Å². The number of ether oxygens (including phenoxy) is 2. The Labute approximate surface area is 253 Å². The average Bonchev–Trinajstić information content (AvgIpc) is 2.91. The molecular formula is C33H42N2O7S. The summed E-state index contributed by atoms with van der Waals surface area (Å²) in [6.45, 7) is 13.8. The maximum atomic E-state index is 13.4. The number of nitrogens with one attached hydrogen (secondary N) is 1. The normalized spacial score (nSPS) is 14.2. The zero-order valence-electron chi connectivity index (χ0n) is 26.3. The summed E-state index contributed by atoms with van der Waals surface area (Å²) in [5.74, 6) is -0.851. The van der Waals surface area contributed by atoms with Crippen LogP contribution in [0.1, 0.15) is 84.1 Å². The van der Waals surface area contributed by atoms with E-state index in [-0.39, 0.29) is 12.3 Å². The molecule has 43 heavy (non-hydrogen) atoms. The van der Waals surface area contributed by atoms with Gasteiger partial charge in [0.15, 0.2) is 6.10 Å². The van der Waals surface area contributed by atoms with Crippen molar-refractivity contribution in [3.63, 3.8) is 0 Å². The van der Waals surface area contributed by atoms with Gasteiger partial charge in [-0.3, -0.25) is 9.78 Å². The van der Waals surface area contributed by atoms with E-state index in [0.717, 1.165) is 52.7 Å². The SMILES string of the molecule is CCc1cc2nc(C)c(C(OC(C)(C)C)C(=O)O)c(-c3cc(C)c4c(c3C)CCCO4)c2cc1C(=O)NCCS(C)(=O)=O. The second-order valence-corrected chi connectivity index (χ2v) is 14.6. The minimum absolute atomic E-state index is 0.0211. The number of fused-ring (bicyclic) bond motifs is 2. The molecule has 1 amide bonds. The summed E-state index contributed by atoms with van der Waals surface area (Å²) in [7, 11) is -3.26. The van der Waals surface area contributed by atoms with Gasteiger partial charge in [0.25, 0.3) is 5.91 Å². The number of carboxylic acids is 1. The molecule has 0 radical (unpaired) electrons. The molecule has 232 valence electrons. The molecule has 2 heterocycles. The van der Waals surface area contributed by atoms with Gasteiger partial charge in [-0.1, -0.05) is 6.92 Å². The van der Waals surface area contributed by atoms with E-state index in [1.165, 1.54) is 0 Å². The fourth-order valence-electron chi connectivity index (χ4n) is 5.78. The lowest BCUT2D eigenvalue weighted by atomic mass is 9.84. The molecular weight excluding hydrogens is 568 g/mol. The van der Waals surface area contributed by atoms with Crippen molar-refractivity contribution in [3.8, 4) is 16.9 Å². The topological polar surface area (TPSA) is 132 Å². The molecule has 4 rings (SSSR count). The Bertz CT molecular complexity index is 1710. The van der Waals surface area contributed by atoms with E-state index < -0.39 is 33.4 Å². The number of aliphatic carboxylic acids is 1. The number of nitrogens with zero attached hydrogens (tertiary/aromatic N) is 1. The first-order valence-corrected chi connectivity index (χ1v) is 16.7. The van der Waals surface area contributed by atoms with Gasteiger partial charge < -0.3 is 19.9 Å². The van der Waals surface area contributed by atoms with E-state index in [4.69, 9.17) is 14.5 Å². The Morgan fingerprint density at radius 3 is 2.47 bits per heavy atom. The molecule has 1 unspecified atom stereocenters. The van der Waals surface area contributed by atoms with Crippen molar-refractivity contribution in [2.75, 3.05) is 25.2 Å². The lowest BCUT2D eigenvalue weighted by Gasteiger charge is -2.30. The van der Waals surface area contributed by atoms with Crippen LogP contribution in [0.5, 0.6) is 5.75 Å². The van der Waals surface area contributed by atoms with Gasteiger partial charge >= 0.3 is 5.97 Å². The number of amides is 1. The van der Waals surface area contributed by atoms with Gasteiger partial charge in [0, 0.05) is 35.0 Å². The minimum Gasteiger partial charge on any atom is -0.493 e. The predicted octanol–water partition coefficient (Wildman–Crippen LogP) is 5.43. The van der Waals surface area contributed by atoms with E-state index in [1.807, 2.05) is 53.7 Å².